The molecule has 0 saturated heterocycles. The molecule has 0 aliphatic carbocycles. The van der Waals surface area contributed by atoms with Crippen molar-refractivity contribution in [3.63, 3.8) is 0 Å². The van der Waals surface area contributed by atoms with Crippen molar-refractivity contribution in [1.82, 2.24) is 10.2 Å². The van der Waals surface area contributed by atoms with Crippen LogP contribution in [0.15, 0.2) is 89.4 Å². The minimum Gasteiger partial charge on any atom is -0.352 e. The quantitative estimate of drug-likeness (QED) is 0.362. The van der Waals surface area contributed by atoms with E-state index in [1.165, 1.54) is 4.90 Å². The molecule has 196 valence electrons. The Bertz CT molecular complexity index is 1300. The van der Waals surface area contributed by atoms with Crippen LogP contribution in [0.3, 0.4) is 0 Å². The van der Waals surface area contributed by atoms with Crippen LogP contribution in [0.5, 0.6) is 0 Å². The number of hydrogen-bond acceptors (Lipinski definition) is 4. The highest BCUT2D eigenvalue weighted by atomic mass is 79.9. The lowest BCUT2D eigenvalue weighted by atomic mass is 10.0. The predicted octanol–water partition coefficient (Wildman–Crippen LogP) is 4.38. The molecule has 0 aromatic heterocycles. The summed E-state index contributed by atoms with van der Waals surface area (Å²) >= 11 is 3.47. The molecule has 0 aliphatic rings. The van der Waals surface area contributed by atoms with Crippen molar-refractivity contribution in [1.29, 1.82) is 0 Å². The van der Waals surface area contributed by atoms with Crippen LogP contribution in [0, 0.1) is 0 Å². The van der Waals surface area contributed by atoms with E-state index in [2.05, 4.69) is 21.2 Å². The van der Waals surface area contributed by atoms with Crippen LogP contribution in [0.4, 0.5) is 5.69 Å². The van der Waals surface area contributed by atoms with Gasteiger partial charge in [0.05, 0.1) is 11.9 Å². The number of nitrogens with one attached hydrogen (secondary N) is 1. The Labute approximate surface area is 227 Å². The zero-order valence-electron chi connectivity index (χ0n) is 21.2. The topological polar surface area (TPSA) is 86.8 Å². The van der Waals surface area contributed by atoms with Crippen molar-refractivity contribution in [2.24, 2.45) is 0 Å². The number of benzene rings is 3. The molecule has 3 rings (SSSR count). The van der Waals surface area contributed by atoms with Gasteiger partial charge in [0.25, 0.3) is 0 Å². The molecule has 37 heavy (non-hydrogen) atoms. The Morgan fingerprint density at radius 3 is 2.05 bits per heavy atom. The second-order valence-corrected chi connectivity index (χ2v) is 11.9. The summed E-state index contributed by atoms with van der Waals surface area (Å²) in [6.07, 6.45) is 1.35. The summed E-state index contributed by atoms with van der Waals surface area (Å²) < 4.78 is 27.3. The van der Waals surface area contributed by atoms with E-state index in [4.69, 9.17) is 0 Å². The Morgan fingerprint density at radius 1 is 0.892 bits per heavy atom. The fraction of sp³-hybridized carbons (Fsp3) is 0.286. The highest BCUT2D eigenvalue weighted by molar-refractivity contribution is 9.10. The molecule has 0 radical (unpaired) electrons. The van der Waals surface area contributed by atoms with Crippen LogP contribution in [0.25, 0.3) is 0 Å². The number of nitrogens with zero attached hydrogens (tertiary/aromatic N) is 2. The zero-order valence-corrected chi connectivity index (χ0v) is 23.6. The maximum atomic E-state index is 13.9. The fourth-order valence-corrected chi connectivity index (χ4v) is 5.27. The third kappa shape index (κ3) is 8.43. The minimum absolute atomic E-state index is 0.133. The Kier molecular flexibility index (Phi) is 9.88. The Hall–Kier alpha value is -3.17. The summed E-state index contributed by atoms with van der Waals surface area (Å²) in [7, 11) is -3.77. The maximum Gasteiger partial charge on any atom is 0.244 e. The van der Waals surface area contributed by atoms with E-state index < -0.39 is 28.5 Å². The average Bonchev–Trinajstić information content (AvgIpc) is 2.84. The van der Waals surface area contributed by atoms with Crippen LogP contribution in [0.2, 0.25) is 0 Å². The van der Waals surface area contributed by atoms with Crippen molar-refractivity contribution in [3.05, 3.63) is 101 Å². The summed E-state index contributed by atoms with van der Waals surface area (Å²) in [5, 5.41) is 2.94. The molecule has 0 unspecified atom stereocenters. The summed E-state index contributed by atoms with van der Waals surface area (Å²) in [5.41, 5.74) is 2.08. The molecule has 2 amide bonds. The number of anilines is 1. The molecule has 0 aliphatic heterocycles. The number of hydrogen-bond donors (Lipinski definition) is 1. The first-order valence-corrected chi connectivity index (χ1v) is 14.6. The van der Waals surface area contributed by atoms with E-state index in [1.807, 2.05) is 68.4 Å². The summed E-state index contributed by atoms with van der Waals surface area (Å²) in [6, 6.07) is 24.4. The first-order valence-electron chi connectivity index (χ1n) is 12.0. The van der Waals surface area contributed by atoms with E-state index in [0.29, 0.717) is 5.69 Å². The number of sulfonamides is 1. The number of carbonyl (C=O) groups excluding carboxylic acids is 2. The molecule has 3 aromatic carbocycles. The van der Waals surface area contributed by atoms with Crippen molar-refractivity contribution in [2.45, 2.75) is 38.9 Å². The van der Waals surface area contributed by atoms with Crippen LogP contribution < -0.4 is 9.62 Å². The second kappa shape index (κ2) is 12.9. The van der Waals surface area contributed by atoms with Gasteiger partial charge >= 0.3 is 0 Å². The minimum atomic E-state index is -3.77. The van der Waals surface area contributed by atoms with E-state index in [0.717, 1.165) is 26.2 Å². The van der Waals surface area contributed by atoms with Crippen LogP contribution in [-0.2, 0) is 32.6 Å². The highest BCUT2D eigenvalue weighted by Crippen LogP contribution is 2.21. The van der Waals surface area contributed by atoms with Gasteiger partial charge in [-0.05, 0) is 49.2 Å². The molecular weight excluding hydrogens is 554 g/mol. The van der Waals surface area contributed by atoms with Gasteiger partial charge in [0.15, 0.2) is 0 Å². The van der Waals surface area contributed by atoms with Gasteiger partial charge in [-0.25, -0.2) is 8.42 Å². The van der Waals surface area contributed by atoms with Crippen LogP contribution >= 0.6 is 15.9 Å². The van der Waals surface area contributed by atoms with Gasteiger partial charge in [-0.1, -0.05) is 76.6 Å². The molecule has 0 heterocycles. The number of rotatable bonds is 11. The van der Waals surface area contributed by atoms with Gasteiger partial charge in [-0.15, -0.1) is 0 Å². The van der Waals surface area contributed by atoms with E-state index in [-0.39, 0.29) is 24.9 Å². The van der Waals surface area contributed by atoms with E-state index >= 15 is 0 Å². The molecule has 3 aromatic rings. The zero-order chi connectivity index (χ0) is 27.0. The number of amides is 2. The molecule has 0 saturated carbocycles. The van der Waals surface area contributed by atoms with Gasteiger partial charge in [-0.3, -0.25) is 13.9 Å². The normalized spacial score (nSPS) is 12.1. The molecule has 7 nitrogen and oxygen atoms in total. The first-order chi connectivity index (χ1) is 17.5. The van der Waals surface area contributed by atoms with Crippen molar-refractivity contribution >= 4 is 43.5 Å². The lowest BCUT2D eigenvalue weighted by molar-refractivity contribution is -0.140. The smallest absolute Gasteiger partial charge is 0.244 e. The van der Waals surface area contributed by atoms with Gasteiger partial charge in [0, 0.05) is 23.5 Å². The van der Waals surface area contributed by atoms with Crippen LogP contribution in [0.1, 0.15) is 25.0 Å². The maximum absolute atomic E-state index is 13.9. The van der Waals surface area contributed by atoms with Gasteiger partial charge in [0.1, 0.15) is 12.6 Å². The molecular formula is C28H32BrN3O4S. The van der Waals surface area contributed by atoms with Crippen molar-refractivity contribution < 1.29 is 18.0 Å². The van der Waals surface area contributed by atoms with Crippen molar-refractivity contribution in [2.75, 3.05) is 17.1 Å². The largest absolute Gasteiger partial charge is 0.352 e. The predicted molar refractivity (Wildman–Crippen MR) is 151 cm³/mol. The number of para-hydroxylation sites is 1. The average molecular weight is 587 g/mol. The molecule has 1 atom stereocenters. The third-order valence-electron chi connectivity index (χ3n) is 5.67. The SMILES string of the molecule is CC(C)NC(=O)[C@H](Cc1ccccc1)N(Cc1cccc(Br)c1)C(=O)CN(c1ccccc1)S(C)(=O)=O. The van der Waals surface area contributed by atoms with Crippen LogP contribution in [-0.4, -0.2) is 50.0 Å². The summed E-state index contributed by atoms with van der Waals surface area (Å²) in [6.45, 7) is 3.42. The lowest BCUT2D eigenvalue weighted by Gasteiger charge is -2.34. The monoisotopic (exact) mass is 585 g/mol. The summed E-state index contributed by atoms with van der Waals surface area (Å²) in [5.74, 6) is -0.776. The van der Waals surface area contributed by atoms with Crippen molar-refractivity contribution in [3.8, 4) is 0 Å². The number of carbonyl (C=O) groups is 2. The number of halogens is 1. The van der Waals surface area contributed by atoms with Gasteiger partial charge < -0.3 is 10.2 Å². The first kappa shape index (κ1) is 28.4. The third-order valence-corrected chi connectivity index (χ3v) is 7.30. The van der Waals surface area contributed by atoms with Gasteiger partial charge in [-0.2, -0.15) is 0 Å². The lowest BCUT2D eigenvalue weighted by Crippen LogP contribution is -2.54. The van der Waals surface area contributed by atoms with Gasteiger partial charge in [0.2, 0.25) is 21.8 Å². The fourth-order valence-electron chi connectivity index (χ4n) is 3.97. The standard InChI is InChI=1S/C28H32BrN3O4S/c1-21(2)30-28(34)26(18-22-11-6-4-7-12-22)31(19-23-13-10-14-24(29)17-23)27(33)20-32(37(3,35)36)25-15-8-5-9-16-25/h4-17,21,26H,18-20H2,1-3H3,(H,30,34)/t26-/m0/s1. The molecule has 0 fully saturated rings. The summed E-state index contributed by atoms with van der Waals surface area (Å²) in [4.78, 5) is 28.9. The van der Waals surface area contributed by atoms with E-state index in [9.17, 15) is 18.0 Å². The Morgan fingerprint density at radius 2 is 1.49 bits per heavy atom. The molecule has 9 heteroatoms. The molecule has 1 N–H and O–H groups in total. The Balaban J connectivity index is 2.04. The van der Waals surface area contributed by atoms with E-state index in [1.54, 1.807) is 30.3 Å². The second-order valence-electron chi connectivity index (χ2n) is 9.13. The molecule has 0 bridgehead atoms. The highest BCUT2D eigenvalue weighted by Gasteiger charge is 2.33. The molecule has 0 spiro atoms.